The van der Waals surface area contributed by atoms with E-state index in [-0.39, 0.29) is 0 Å². The Morgan fingerprint density at radius 2 is 2.00 bits per heavy atom. The molecule has 0 aliphatic carbocycles. The highest BCUT2D eigenvalue weighted by atomic mass is 19.4. The minimum absolute atomic E-state index is 0.414. The van der Waals surface area contributed by atoms with Gasteiger partial charge in [-0.25, -0.2) is 0 Å². The van der Waals surface area contributed by atoms with E-state index in [2.05, 4.69) is 4.74 Å². The van der Waals surface area contributed by atoms with Crippen LogP contribution in [0.3, 0.4) is 0 Å². The molecule has 0 aliphatic rings. The Morgan fingerprint density at radius 1 is 1.36 bits per heavy atom. The van der Waals surface area contributed by atoms with Crippen LogP contribution in [0.1, 0.15) is 10.4 Å². The minimum Gasteiger partial charge on any atom is -0.484 e. The molecule has 120 valence electrons. The first kappa shape index (κ1) is 17.2. The smallest absolute Gasteiger partial charge is 0.422 e. The molecule has 1 rings (SSSR count). The summed E-state index contributed by atoms with van der Waals surface area (Å²) in [6, 6.07) is 2.43. The Hall–Kier alpha value is -2.85. The van der Waals surface area contributed by atoms with E-state index in [1.807, 2.05) is 5.32 Å². The molecule has 22 heavy (non-hydrogen) atoms. The molecule has 0 saturated carbocycles. The fourth-order valence-electron chi connectivity index (χ4n) is 1.36. The lowest BCUT2D eigenvalue weighted by atomic mass is 10.1. The van der Waals surface area contributed by atoms with E-state index in [4.69, 9.17) is 5.11 Å². The summed E-state index contributed by atoms with van der Waals surface area (Å²) in [5.41, 5.74) is -1.30. The number of rotatable bonds is 6. The number of nitrogens with one attached hydrogen (secondary N) is 1. The van der Waals surface area contributed by atoms with Crippen LogP contribution in [-0.2, 0) is 4.79 Å². The first-order valence-corrected chi connectivity index (χ1v) is 5.58. The number of nitro benzene ring substituents is 1. The van der Waals surface area contributed by atoms with Gasteiger partial charge in [-0.1, -0.05) is 0 Å². The molecule has 0 bridgehead atoms. The van der Waals surface area contributed by atoms with Gasteiger partial charge in [0.2, 0.25) is 0 Å². The molecular formula is C11H9F3N2O6. The Labute approximate surface area is 120 Å². The molecule has 0 saturated heterocycles. The van der Waals surface area contributed by atoms with Gasteiger partial charge in [0, 0.05) is 6.07 Å². The molecule has 8 nitrogen and oxygen atoms in total. The molecule has 1 aromatic carbocycles. The number of aliphatic carboxylic acids is 1. The van der Waals surface area contributed by atoms with Crippen molar-refractivity contribution in [3.63, 3.8) is 0 Å². The molecule has 0 aromatic heterocycles. The second-order valence-corrected chi connectivity index (χ2v) is 3.92. The fraction of sp³-hybridized carbons (Fsp3) is 0.273. The highest BCUT2D eigenvalue weighted by Gasteiger charge is 2.29. The van der Waals surface area contributed by atoms with Crippen molar-refractivity contribution in [2.75, 3.05) is 13.2 Å². The SMILES string of the molecule is O=C(O)CNC(=O)c1cc(OCC(F)(F)F)ccc1[N+](=O)[O-]. The third-order valence-corrected chi connectivity index (χ3v) is 2.21. The number of carboxylic acids is 1. The van der Waals surface area contributed by atoms with E-state index in [1.54, 1.807) is 0 Å². The van der Waals surface area contributed by atoms with Crippen molar-refractivity contribution in [2.45, 2.75) is 6.18 Å². The van der Waals surface area contributed by atoms with Crippen molar-refractivity contribution in [3.05, 3.63) is 33.9 Å². The van der Waals surface area contributed by atoms with Gasteiger partial charge in [0.1, 0.15) is 17.9 Å². The van der Waals surface area contributed by atoms with E-state index in [1.165, 1.54) is 0 Å². The van der Waals surface area contributed by atoms with Crippen LogP contribution in [0.2, 0.25) is 0 Å². The van der Waals surface area contributed by atoms with Gasteiger partial charge >= 0.3 is 12.1 Å². The van der Waals surface area contributed by atoms with Crippen LogP contribution in [0.4, 0.5) is 18.9 Å². The molecule has 0 atom stereocenters. The van der Waals surface area contributed by atoms with Crippen LogP contribution in [0.15, 0.2) is 18.2 Å². The quantitative estimate of drug-likeness (QED) is 0.603. The standard InChI is InChI=1S/C11H9F3N2O6/c12-11(13,14)5-22-6-1-2-8(16(20)21)7(3-6)10(19)15-4-9(17)18/h1-3H,4-5H2,(H,15,19)(H,17,18). The monoisotopic (exact) mass is 322 g/mol. The van der Waals surface area contributed by atoms with Gasteiger partial charge in [0.15, 0.2) is 6.61 Å². The minimum atomic E-state index is -4.62. The van der Waals surface area contributed by atoms with Gasteiger partial charge in [0.05, 0.1) is 4.92 Å². The molecule has 2 N–H and O–H groups in total. The highest BCUT2D eigenvalue weighted by molar-refractivity contribution is 5.99. The molecule has 0 heterocycles. The zero-order valence-corrected chi connectivity index (χ0v) is 10.7. The van der Waals surface area contributed by atoms with E-state index in [0.29, 0.717) is 0 Å². The summed E-state index contributed by atoms with van der Waals surface area (Å²) in [7, 11) is 0. The zero-order chi connectivity index (χ0) is 16.9. The number of carbonyl (C=O) groups is 2. The van der Waals surface area contributed by atoms with Crippen molar-refractivity contribution < 1.29 is 37.5 Å². The number of benzene rings is 1. The Morgan fingerprint density at radius 3 is 2.50 bits per heavy atom. The second-order valence-electron chi connectivity index (χ2n) is 3.92. The van der Waals surface area contributed by atoms with Crippen LogP contribution in [0.25, 0.3) is 0 Å². The summed E-state index contributed by atoms with van der Waals surface area (Å²) >= 11 is 0. The summed E-state index contributed by atoms with van der Waals surface area (Å²) in [5.74, 6) is -2.92. The van der Waals surface area contributed by atoms with Gasteiger partial charge in [-0.05, 0) is 12.1 Å². The van der Waals surface area contributed by atoms with Crippen LogP contribution < -0.4 is 10.1 Å². The number of hydrogen-bond donors (Lipinski definition) is 2. The fourth-order valence-corrected chi connectivity index (χ4v) is 1.36. The number of nitro groups is 1. The number of carboxylic acid groups (broad SMARTS) is 1. The molecule has 1 amide bonds. The van der Waals surface area contributed by atoms with Crippen LogP contribution in [0.5, 0.6) is 5.75 Å². The number of amides is 1. The second kappa shape index (κ2) is 6.74. The van der Waals surface area contributed by atoms with Gasteiger partial charge in [0.25, 0.3) is 11.6 Å². The summed E-state index contributed by atoms with van der Waals surface area (Å²) in [6.45, 7) is -2.44. The Balaban J connectivity index is 3.02. The summed E-state index contributed by atoms with van der Waals surface area (Å²) in [6.07, 6.45) is -4.62. The lowest BCUT2D eigenvalue weighted by molar-refractivity contribution is -0.385. The highest BCUT2D eigenvalue weighted by Crippen LogP contribution is 2.25. The third kappa shape index (κ3) is 5.26. The van der Waals surface area contributed by atoms with Gasteiger partial charge in [-0.15, -0.1) is 0 Å². The van der Waals surface area contributed by atoms with Gasteiger partial charge in [-0.2, -0.15) is 13.2 Å². The molecule has 0 aliphatic heterocycles. The van der Waals surface area contributed by atoms with E-state index in [9.17, 15) is 32.9 Å². The van der Waals surface area contributed by atoms with E-state index in [0.717, 1.165) is 18.2 Å². The van der Waals surface area contributed by atoms with Crippen molar-refractivity contribution in [1.29, 1.82) is 0 Å². The van der Waals surface area contributed by atoms with Gasteiger partial charge < -0.3 is 15.2 Å². The predicted octanol–water partition coefficient (Wildman–Crippen LogP) is 1.35. The van der Waals surface area contributed by atoms with E-state index >= 15 is 0 Å². The van der Waals surface area contributed by atoms with E-state index < -0.39 is 53.1 Å². The van der Waals surface area contributed by atoms with Crippen LogP contribution >= 0.6 is 0 Å². The molecular weight excluding hydrogens is 313 g/mol. The number of ether oxygens (including phenoxy) is 1. The third-order valence-electron chi connectivity index (χ3n) is 2.21. The lowest BCUT2D eigenvalue weighted by Crippen LogP contribution is -2.29. The summed E-state index contributed by atoms with van der Waals surface area (Å²) < 4.78 is 40.5. The summed E-state index contributed by atoms with van der Waals surface area (Å²) in [5, 5.41) is 21.1. The Bertz CT molecular complexity index is 602. The van der Waals surface area contributed by atoms with Crippen molar-refractivity contribution >= 4 is 17.6 Å². The number of halogens is 3. The number of nitrogens with zero attached hydrogens (tertiary/aromatic N) is 1. The molecule has 0 unspecified atom stereocenters. The molecule has 0 radical (unpaired) electrons. The Kier molecular flexibility index (Phi) is 5.27. The molecule has 0 fully saturated rings. The largest absolute Gasteiger partial charge is 0.484 e. The maximum atomic E-state index is 12.0. The van der Waals surface area contributed by atoms with Gasteiger partial charge in [-0.3, -0.25) is 19.7 Å². The average Bonchev–Trinajstić information content (AvgIpc) is 2.41. The molecule has 0 spiro atoms. The van der Waals surface area contributed by atoms with Crippen LogP contribution in [-0.4, -0.2) is 41.2 Å². The maximum Gasteiger partial charge on any atom is 0.422 e. The normalized spacial score (nSPS) is 10.9. The first-order chi connectivity index (χ1) is 10.1. The predicted molar refractivity (Wildman–Crippen MR) is 64.6 cm³/mol. The van der Waals surface area contributed by atoms with Crippen molar-refractivity contribution in [1.82, 2.24) is 5.32 Å². The zero-order valence-electron chi connectivity index (χ0n) is 10.7. The number of carbonyl (C=O) groups excluding carboxylic acids is 1. The van der Waals surface area contributed by atoms with Crippen LogP contribution in [0, 0.1) is 10.1 Å². The molecule has 1 aromatic rings. The summed E-state index contributed by atoms with van der Waals surface area (Å²) in [4.78, 5) is 31.9. The topological polar surface area (TPSA) is 119 Å². The number of hydrogen-bond acceptors (Lipinski definition) is 5. The maximum absolute atomic E-state index is 12.0. The van der Waals surface area contributed by atoms with Crippen molar-refractivity contribution in [2.24, 2.45) is 0 Å². The molecule has 11 heteroatoms. The average molecular weight is 322 g/mol. The number of alkyl halides is 3. The van der Waals surface area contributed by atoms with Crippen molar-refractivity contribution in [3.8, 4) is 5.75 Å². The lowest BCUT2D eigenvalue weighted by Gasteiger charge is -2.10. The first-order valence-electron chi connectivity index (χ1n) is 5.58.